The summed E-state index contributed by atoms with van der Waals surface area (Å²) in [5.41, 5.74) is 21.5. The van der Waals surface area contributed by atoms with E-state index < -0.39 is 72.3 Å². The molecule has 4 aliphatic rings. The van der Waals surface area contributed by atoms with Gasteiger partial charge >= 0.3 is 0 Å². The molecule has 4 N–H and O–H groups in total. The van der Waals surface area contributed by atoms with Gasteiger partial charge in [0.2, 0.25) is 29.5 Å². The number of thiazole rings is 4. The normalized spacial score (nSPS) is 19.1. The van der Waals surface area contributed by atoms with Crippen LogP contribution in [0.2, 0.25) is 0 Å². The second-order valence-corrected chi connectivity index (χ2v) is 42.6. The second kappa shape index (κ2) is 46.7. The van der Waals surface area contributed by atoms with Crippen molar-refractivity contribution in [1.82, 2.24) is 68.6 Å². The summed E-state index contributed by atoms with van der Waals surface area (Å²) in [7, 11) is 0. The number of hydrogen-bond donors (Lipinski definition) is 4. The van der Waals surface area contributed by atoms with Crippen molar-refractivity contribution in [2.45, 2.75) is 260 Å². The van der Waals surface area contributed by atoms with Crippen LogP contribution in [-0.2, 0) is 64.0 Å². The molecule has 28 nitrogen and oxygen atoms in total. The first-order valence-electron chi connectivity index (χ1n) is 46.5. The number of hydrogen-bond acceptors (Lipinski definition) is 30. The topological polar surface area (TPSA) is 386 Å². The van der Waals surface area contributed by atoms with Gasteiger partial charge in [0.15, 0.2) is 34.8 Å². The largest absolute Gasteiger partial charge is 0.391 e. The minimum Gasteiger partial charge on any atom is -0.391 e. The third-order valence-corrected chi connectivity index (χ3v) is 30.8. The highest BCUT2D eigenvalue weighted by Gasteiger charge is 2.48. The number of aliphatic hydroxyl groups excluding tert-OH is 4. The summed E-state index contributed by atoms with van der Waals surface area (Å²) < 4.78 is 19.1. The van der Waals surface area contributed by atoms with Crippen molar-refractivity contribution in [1.29, 1.82) is 0 Å². The van der Waals surface area contributed by atoms with Gasteiger partial charge in [-0.15, -0.1) is 45.3 Å². The van der Waals surface area contributed by atoms with Crippen LogP contribution in [0.5, 0.6) is 0 Å². The average Bonchev–Trinajstić information content (AvgIpc) is 1.66. The van der Waals surface area contributed by atoms with Crippen LogP contribution in [0.4, 0.5) is 0 Å². The van der Waals surface area contributed by atoms with Gasteiger partial charge in [0.25, 0.3) is 0 Å². The summed E-state index contributed by atoms with van der Waals surface area (Å²) >= 11 is 9.12. The summed E-state index contributed by atoms with van der Waals surface area (Å²) in [4.78, 5) is 144. The molecule has 8 aromatic heterocycles. The maximum atomic E-state index is 13.5. The van der Waals surface area contributed by atoms with E-state index in [0.29, 0.717) is 86.8 Å². The van der Waals surface area contributed by atoms with E-state index in [1.165, 1.54) is 28.0 Å². The van der Waals surface area contributed by atoms with Gasteiger partial charge < -0.3 is 49.1 Å². The molecular weight excluding hydrogens is 1840 g/mol. The smallest absolute Gasteiger partial charge is 0.234 e. The molecule has 0 spiro atoms. The molecule has 12 atom stereocenters. The van der Waals surface area contributed by atoms with Gasteiger partial charge in [0, 0.05) is 95.4 Å². The molecule has 4 fully saturated rings. The van der Waals surface area contributed by atoms with Crippen LogP contribution in [0.1, 0.15) is 220 Å². The Balaban J connectivity index is 0.000000153. The lowest BCUT2D eigenvalue weighted by molar-refractivity contribution is -0.140. The summed E-state index contributed by atoms with van der Waals surface area (Å²) in [6, 6.07) is 34.1. The zero-order valence-corrected chi connectivity index (χ0v) is 84.7. The lowest BCUT2D eigenvalue weighted by Gasteiger charge is -2.29. The highest BCUT2D eigenvalue weighted by Crippen LogP contribution is 2.40. The van der Waals surface area contributed by atoms with Crippen LogP contribution in [0.15, 0.2) is 140 Å². The van der Waals surface area contributed by atoms with Crippen molar-refractivity contribution in [2.24, 2.45) is 23.7 Å². The monoisotopic (exact) mass is 1960 g/mol. The molecule has 0 saturated carbocycles. The zero-order chi connectivity index (χ0) is 97.6. The lowest BCUT2D eigenvalue weighted by Crippen LogP contribution is -2.44. The number of amides is 4. The first-order valence-corrected chi connectivity index (χ1v) is 51.5. The summed E-state index contributed by atoms with van der Waals surface area (Å²) in [5, 5.41) is 50.0. The maximum absolute atomic E-state index is 13.5. The van der Waals surface area contributed by atoms with E-state index in [1.54, 1.807) is 80.0 Å². The first kappa shape index (κ1) is 103. The Morgan fingerprint density at radius 1 is 0.360 bits per heavy atom. The third kappa shape index (κ3) is 25.4. The van der Waals surface area contributed by atoms with Crippen LogP contribution in [0, 0.1) is 79.1 Å². The van der Waals surface area contributed by atoms with Crippen molar-refractivity contribution in [3.63, 3.8) is 0 Å². The van der Waals surface area contributed by atoms with Crippen molar-refractivity contribution < 1.29 is 67.8 Å². The number of aromatic nitrogens is 10. The summed E-state index contributed by atoms with van der Waals surface area (Å²) in [5.74, 6) is -1.08. The Hall–Kier alpha value is -10.7. The Bertz CT molecular complexity index is 5340. The highest BCUT2D eigenvalue weighted by atomic mass is 32.1. The van der Waals surface area contributed by atoms with Gasteiger partial charge in [-0.25, -0.2) is 24.9 Å². The van der Waals surface area contributed by atoms with Gasteiger partial charge in [0.1, 0.15) is 22.6 Å². The van der Waals surface area contributed by atoms with Gasteiger partial charge in [0.05, 0.1) is 136 Å². The molecule has 4 aromatic carbocycles. The first-order chi connectivity index (χ1) is 65.0. The summed E-state index contributed by atoms with van der Waals surface area (Å²) in [6.07, 6.45) is 1.95. The molecule has 0 aliphatic carbocycles. The number of likely N-dealkylation sites (tertiary alicyclic amines) is 4. The fourth-order valence-corrected chi connectivity index (χ4v) is 22.7. The Kier molecular flexibility index (Phi) is 35.2. The molecule has 4 aliphatic heterocycles. The van der Waals surface area contributed by atoms with Gasteiger partial charge in [-0.05, 0) is 171 Å². The number of β-amino-alcohol motifs (C(OH)–C–C–N with tert-alkyl or cyclic N) is 4. The number of rotatable bonds is 32. The van der Waals surface area contributed by atoms with E-state index in [4.69, 9.17) is 9.05 Å². The van der Waals surface area contributed by atoms with Gasteiger partial charge in [-0.2, -0.15) is 13.7 Å². The standard InChI is InChI=1S/C26H31N3O4S.C26H31N3O3S2.C25H30N4O4S.C25H30N4O3S2/c1-15(2)24(21-11-16(3)33-28-21)26(32)29-13-20(30)12-22(29)23(31)10-7-18-5-8-19(9-6-18)25-17(4)27-14-34-25;1-15(2)24(21-11-16(3)34-28-21)26(32)29-13-20(30)12-22(29)23(31)10-7-18-5-8-19(9-6-18)25-17(4)27-14-33-25;1-14(2)22(24-27-16(4)33-28-24)25(32)29-12-19(30)11-20(29)21(31)10-7-17-5-8-18(9-6-17)23-15(3)26-13-34-23;1-14(2)22(24-27-16(4)34-28-24)25(32)29-12-19(30)11-20(29)21(31)10-7-17-5-8-18(9-6-17)23-15(3)26-13-33-23/h2*5-6,8-9,11,14-15,20,22,24,30H,7,10,12-13H2,1-4H3;2*5-6,8-9,13-14,19-20,22,30H,7,10-12H2,1-4H3/t2*20-,22+,24-;2*19-,20+,22-/m1111/s1. The van der Waals surface area contributed by atoms with Crippen LogP contribution in [-0.4, -0.2) is 211 Å². The number of Topliss-reactive ketones (excluding diaryl/α,β-unsaturated/α-hetero) is 4. The van der Waals surface area contributed by atoms with Crippen molar-refractivity contribution in [2.75, 3.05) is 26.2 Å². The fourth-order valence-electron chi connectivity index (χ4n) is 18.3. The molecule has 0 bridgehead atoms. The number of aliphatic hydroxyl groups is 4. The minimum atomic E-state index is -0.723. The van der Waals surface area contributed by atoms with Gasteiger partial charge in [-0.3, -0.25) is 38.4 Å². The third-order valence-electron chi connectivity index (χ3n) is 25.5. The van der Waals surface area contributed by atoms with Crippen LogP contribution in [0.3, 0.4) is 0 Å². The molecular formula is C102H122N14O14S6. The van der Waals surface area contributed by atoms with Gasteiger partial charge in [-0.1, -0.05) is 163 Å². The van der Waals surface area contributed by atoms with E-state index in [9.17, 15) is 58.8 Å². The highest BCUT2D eigenvalue weighted by molar-refractivity contribution is 7.14. The number of carbonyl (C=O) groups excluding carboxylic acids is 8. The molecule has 34 heteroatoms. The number of nitrogens with zero attached hydrogens (tertiary/aromatic N) is 14. The Morgan fingerprint density at radius 2 is 0.662 bits per heavy atom. The predicted molar refractivity (Wildman–Crippen MR) is 529 cm³/mol. The van der Waals surface area contributed by atoms with Crippen LogP contribution >= 0.6 is 68.4 Å². The second-order valence-electron chi connectivity index (χ2n) is 37.3. The number of aryl methyl sites for hydroxylation is 12. The molecule has 12 heterocycles. The zero-order valence-electron chi connectivity index (χ0n) is 79.8. The number of ketones is 4. The molecule has 0 unspecified atom stereocenters. The maximum Gasteiger partial charge on any atom is 0.234 e. The van der Waals surface area contributed by atoms with Crippen LogP contribution in [0.25, 0.3) is 41.8 Å². The fraction of sp³-hybridized carbons (Fsp3) is 0.471. The molecule has 4 amide bonds. The van der Waals surface area contributed by atoms with Crippen LogP contribution < -0.4 is 0 Å². The van der Waals surface area contributed by atoms with E-state index in [-0.39, 0.29) is 116 Å². The molecule has 16 rings (SSSR count). The number of carbonyl (C=O) groups is 8. The van der Waals surface area contributed by atoms with E-state index in [0.717, 1.165) is 102 Å². The molecule has 4 saturated heterocycles. The molecule has 720 valence electrons. The molecule has 12 aromatic rings. The predicted octanol–water partition coefficient (Wildman–Crippen LogP) is 17.0. The Morgan fingerprint density at radius 3 is 0.904 bits per heavy atom. The SMILES string of the molecule is Cc1cc([C@H](C(=O)N2C[C@H](O)C[C@H]2C(=O)CCc2ccc(-c3scnc3C)cc2)C(C)C)no1.Cc1cc([C@H](C(=O)N2C[C@H](O)C[C@H]2C(=O)CCc2ccc(-c3scnc3C)cc2)C(C)C)ns1.Cc1nc([C@H](C(=O)N2C[C@H](O)C[C@H]2C(=O)CCc2ccc(-c3scnc3C)cc2)C(C)C)no1.Cc1nc([C@H](C(=O)N2C[C@H](O)C[C@H]2C(=O)CCc2ccc(-c3scnc3C)cc2)C(C)C)ns1. The Labute approximate surface area is 818 Å². The van der Waals surface area contributed by atoms with E-state index in [1.807, 2.05) is 174 Å². The van der Waals surface area contributed by atoms with Crippen molar-refractivity contribution >= 4 is 115 Å². The van der Waals surface area contributed by atoms with Crippen molar-refractivity contribution in [3.8, 4) is 41.8 Å². The van der Waals surface area contributed by atoms with Crippen molar-refractivity contribution in [3.05, 3.63) is 221 Å². The van der Waals surface area contributed by atoms with E-state index in [2.05, 4.69) is 97.5 Å². The quantitative estimate of drug-likeness (QED) is 0.0304. The summed E-state index contributed by atoms with van der Waals surface area (Å²) in [6.45, 7) is 31.6. The average molecular weight is 1960 g/mol. The molecule has 136 heavy (non-hydrogen) atoms. The lowest BCUT2D eigenvalue weighted by atomic mass is 9.90. The number of benzene rings is 4. The minimum absolute atomic E-state index is 0.00393. The molecule has 0 radical (unpaired) electrons. The van der Waals surface area contributed by atoms with E-state index >= 15 is 0 Å².